The summed E-state index contributed by atoms with van der Waals surface area (Å²) in [6.07, 6.45) is 12.2. The Morgan fingerprint density at radius 2 is 1.37 bits per heavy atom. The zero-order chi connectivity index (χ0) is 42.3. The molecule has 0 spiro atoms. The monoisotopic (exact) mass is 757 g/mol. The molecular formula is C42H63NO11. The Morgan fingerprint density at radius 1 is 0.796 bits per heavy atom. The summed E-state index contributed by atoms with van der Waals surface area (Å²) in [6.45, 7) is 27.4. The van der Waals surface area contributed by atoms with Crippen LogP contribution < -0.4 is 10.1 Å². The summed E-state index contributed by atoms with van der Waals surface area (Å²) in [5, 5.41) is 19.8. The van der Waals surface area contributed by atoms with Crippen LogP contribution in [0.2, 0.25) is 0 Å². The van der Waals surface area contributed by atoms with E-state index in [-0.39, 0.29) is 43.5 Å². The lowest BCUT2D eigenvalue weighted by Crippen LogP contribution is -2.28. The first-order valence-corrected chi connectivity index (χ1v) is 17.6. The number of aldehydes is 1. The van der Waals surface area contributed by atoms with Crippen LogP contribution in [0.3, 0.4) is 0 Å². The van der Waals surface area contributed by atoms with Crippen molar-refractivity contribution in [3.8, 4) is 5.75 Å². The van der Waals surface area contributed by atoms with Gasteiger partial charge in [-0.2, -0.15) is 0 Å². The fourth-order valence-electron chi connectivity index (χ4n) is 2.82. The SMILES string of the molecule is C=C(C)C(=O)COCCNC(=O)O/C(C)=C/C=C(\C)C(=O)O.C=C(C)C=O.C=C/C=C\C=C(/C)OC(=O)c1ccc(OCCCCCO)cc1.CC.CC. The molecule has 0 fully saturated rings. The molecule has 12 heteroatoms. The molecule has 0 aromatic heterocycles. The molecule has 302 valence electrons. The van der Waals surface area contributed by atoms with Crippen LogP contribution in [0, 0.1) is 0 Å². The number of esters is 1. The minimum atomic E-state index is -1.05. The molecule has 1 rings (SSSR count). The number of nitrogens with one attached hydrogen (secondary N) is 1. The number of benzene rings is 1. The molecule has 1 amide bonds. The van der Waals surface area contributed by atoms with Gasteiger partial charge < -0.3 is 34.5 Å². The van der Waals surface area contributed by atoms with Crippen LogP contribution in [0.5, 0.6) is 5.75 Å². The standard InChI is InChI=1S/C19H24O4.C15H21NO6.C4H6O.2C2H6/c1-3-4-6-9-16(2)23-19(21)17-10-12-18(13-11-17)22-15-8-5-7-14-20;1-10(2)13(17)9-21-8-7-16-15(20)22-12(4)6-5-11(3)14(18)19;1-4(2)3-5;2*1-2/h3-4,6,9-13,20H,1,5,7-8,14-15H2,2H3;5-6H,1,7-9H2,2-4H3,(H,16,20)(H,18,19);3H,1H2,2H3;2*1-2H3/b6-4-,16-9+;11-5+,12-6+;;;. The van der Waals surface area contributed by atoms with Gasteiger partial charge in [0.25, 0.3) is 0 Å². The number of aliphatic carboxylic acids is 1. The number of carbonyl (C=O) groups excluding carboxylic acids is 4. The molecule has 0 unspecified atom stereocenters. The van der Waals surface area contributed by atoms with E-state index in [2.05, 4.69) is 25.1 Å². The predicted molar refractivity (Wildman–Crippen MR) is 215 cm³/mol. The largest absolute Gasteiger partial charge is 0.494 e. The Bertz CT molecular complexity index is 1390. The molecule has 0 saturated heterocycles. The number of ketones is 1. The van der Waals surface area contributed by atoms with E-state index >= 15 is 0 Å². The maximum absolute atomic E-state index is 12.0. The molecule has 12 nitrogen and oxygen atoms in total. The van der Waals surface area contributed by atoms with Crippen molar-refractivity contribution in [3.63, 3.8) is 0 Å². The molecule has 0 aliphatic rings. The van der Waals surface area contributed by atoms with Crippen LogP contribution in [0.1, 0.15) is 91.9 Å². The van der Waals surface area contributed by atoms with E-state index in [1.807, 2.05) is 27.7 Å². The lowest BCUT2D eigenvalue weighted by molar-refractivity contribution is -0.132. The minimum absolute atomic E-state index is 0.0791. The van der Waals surface area contributed by atoms with Gasteiger partial charge in [0.15, 0.2) is 5.78 Å². The topological polar surface area (TPSA) is 175 Å². The number of hydrogen-bond acceptors (Lipinski definition) is 10. The van der Waals surface area contributed by atoms with Crippen molar-refractivity contribution in [3.05, 3.63) is 114 Å². The van der Waals surface area contributed by atoms with Crippen LogP contribution in [-0.2, 0) is 28.6 Å². The quantitative estimate of drug-likeness (QED) is 0.0290. The number of amides is 1. The molecular weight excluding hydrogens is 694 g/mol. The molecule has 0 aliphatic carbocycles. The molecule has 0 bridgehead atoms. The minimum Gasteiger partial charge on any atom is -0.494 e. The van der Waals surface area contributed by atoms with Gasteiger partial charge in [0, 0.05) is 18.7 Å². The van der Waals surface area contributed by atoms with E-state index in [1.54, 1.807) is 69.3 Å². The molecule has 0 saturated carbocycles. The third-order valence-electron chi connectivity index (χ3n) is 5.58. The number of alkyl carbamates (subject to hydrolysis) is 1. The second-order valence-electron chi connectivity index (χ2n) is 10.4. The molecule has 0 radical (unpaired) electrons. The summed E-state index contributed by atoms with van der Waals surface area (Å²) in [5.74, 6) is -0.169. The zero-order valence-corrected chi connectivity index (χ0v) is 33.7. The van der Waals surface area contributed by atoms with Gasteiger partial charge in [0.05, 0.1) is 18.8 Å². The van der Waals surface area contributed by atoms with Gasteiger partial charge in [-0.25, -0.2) is 14.4 Å². The number of carbonyl (C=O) groups is 5. The Labute approximate surface area is 322 Å². The van der Waals surface area contributed by atoms with Gasteiger partial charge in [-0.1, -0.05) is 65.7 Å². The van der Waals surface area contributed by atoms with Gasteiger partial charge >= 0.3 is 18.0 Å². The van der Waals surface area contributed by atoms with Gasteiger partial charge in [-0.15, -0.1) is 0 Å². The van der Waals surface area contributed by atoms with E-state index in [9.17, 15) is 24.0 Å². The summed E-state index contributed by atoms with van der Waals surface area (Å²) in [7, 11) is 0. The number of aliphatic hydroxyl groups is 1. The molecule has 54 heavy (non-hydrogen) atoms. The highest BCUT2D eigenvalue weighted by atomic mass is 16.6. The smallest absolute Gasteiger partial charge is 0.412 e. The van der Waals surface area contributed by atoms with Crippen molar-refractivity contribution in [2.45, 2.75) is 81.6 Å². The summed E-state index contributed by atoms with van der Waals surface area (Å²) in [6, 6.07) is 6.86. The number of carboxylic acid groups (broad SMARTS) is 1. The van der Waals surface area contributed by atoms with Crippen molar-refractivity contribution in [2.75, 3.05) is 33.0 Å². The van der Waals surface area contributed by atoms with Gasteiger partial charge in [-0.05, 0) is 108 Å². The van der Waals surface area contributed by atoms with Crippen molar-refractivity contribution >= 4 is 30.1 Å². The van der Waals surface area contributed by atoms with Crippen molar-refractivity contribution in [1.82, 2.24) is 5.32 Å². The second-order valence-corrected chi connectivity index (χ2v) is 10.4. The normalized spacial score (nSPS) is 10.5. The molecule has 1 aromatic rings. The van der Waals surface area contributed by atoms with Crippen LogP contribution in [-0.4, -0.2) is 73.3 Å². The van der Waals surface area contributed by atoms with Gasteiger partial charge in [0.2, 0.25) is 0 Å². The molecule has 0 aliphatic heterocycles. The number of ether oxygens (including phenoxy) is 4. The number of hydrogen-bond donors (Lipinski definition) is 3. The predicted octanol–water partition coefficient (Wildman–Crippen LogP) is 8.65. The Hall–Kier alpha value is -5.33. The number of unbranched alkanes of at least 4 members (excludes halogenated alkanes) is 2. The van der Waals surface area contributed by atoms with Crippen LogP contribution in [0.4, 0.5) is 4.79 Å². The highest BCUT2D eigenvalue weighted by Crippen LogP contribution is 2.15. The zero-order valence-electron chi connectivity index (χ0n) is 33.7. The van der Waals surface area contributed by atoms with E-state index in [0.29, 0.717) is 34.8 Å². The number of allylic oxidation sites excluding steroid dienone is 9. The number of Topliss-reactive ketones (excluding diaryl/α,β-unsaturated/α-hetero) is 1. The fraction of sp³-hybridized carbons (Fsp3) is 0.405. The Morgan fingerprint density at radius 3 is 1.87 bits per heavy atom. The maximum Gasteiger partial charge on any atom is 0.412 e. The third kappa shape index (κ3) is 36.5. The highest BCUT2D eigenvalue weighted by Gasteiger charge is 2.08. The summed E-state index contributed by atoms with van der Waals surface area (Å²) in [5.41, 5.74) is 1.58. The lowest BCUT2D eigenvalue weighted by Gasteiger charge is -2.07. The summed E-state index contributed by atoms with van der Waals surface area (Å²) < 4.78 is 20.7. The van der Waals surface area contributed by atoms with E-state index in [0.717, 1.165) is 25.5 Å². The van der Waals surface area contributed by atoms with Crippen molar-refractivity contribution in [2.24, 2.45) is 0 Å². The summed E-state index contributed by atoms with van der Waals surface area (Å²) >= 11 is 0. The first kappa shape index (κ1) is 55.4. The lowest BCUT2D eigenvalue weighted by atomic mass is 10.2. The highest BCUT2D eigenvalue weighted by molar-refractivity contribution is 5.95. The second kappa shape index (κ2) is 38.9. The van der Waals surface area contributed by atoms with E-state index < -0.39 is 18.0 Å². The first-order valence-electron chi connectivity index (χ1n) is 17.6. The van der Waals surface area contributed by atoms with Crippen LogP contribution in [0.15, 0.2) is 109 Å². The fourth-order valence-corrected chi connectivity index (χ4v) is 2.82. The van der Waals surface area contributed by atoms with Gasteiger partial charge in [-0.3, -0.25) is 9.59 Å². The molecule has 0 heterocycles. The third-order valence-corrected chi connectivity index (χ3v) is 5.58. The molecule has 0 atom stereocenters. The average molecular weight is 758 g/mol. The van der Waals surface area contributed by atoms with Crippen LogP contribution in [0.25, 0.3) is 0 Å². The molecule has 1 aromatic carbocycles. The van der Waals surface area contributed by atoms with E-state index in [4.69, 9.17) is 29.2 Å². The maximum atomic E-state index is 12.0. The van der Waals surface area contributed by atoms with Crippen molar-refractivity contribution in [1.29, 1.82) is 0 Å². The van der Waals surface area contributed by atoms with Gasteiger partial charge in [0.1, 0.15) is 30.2 Å². The summed E-state index contributed by atoms with van der Waals surface area (Å²) in [4.78, 5) is 54.5. The Kier molecular flexibility index (Phi) is 39.9. The number of rotatable bonds is 20. The molecule has 3 N–H and O–H groups in total. The average Bonchev–Trinajstić information content (AvgIpc) is 3.15. The van der Waals surface area contributed by atoms with E-state index in [1.165, 1.54) is 26.0 Å². The Balaban J connectivity index is -0.000000380. The van der Waals surface area contributed by atoms with Crippen LogP contribution >= 0.6 is 0 Å². The van der Waals surface area contributed by atoms with Crippen molar-refractivity contribution < 1.29 is 53.1 Å². The number of aliphatic hydroxyl groups excluding tert-OH is 1. The first-order chi connectivity index (χ1) is 25.7. The number of carboxylic acids is 1.